The fourth-order valence-corrected chi connectivity index (χ4v) is 6.62. The van der Waals surface area contributed by atoms with Gasteiger partial charge in [0.05, 0.1) is 5.39 Å². The highest BCUT2D eigenvalue weighted by atomic mass is 16.4. The van der Waals surface area contributed by atoms with E-state index < -0.39 is 40.1 Å². The van der Waals surface area contributed by atoms with E-state index in [1.807, 2.05) is 84.9 Å². The first-order valence-corrected chi connectivity index (χ1v) is 14.6. The minimum atomic E-state index is -1.01. The van der Waals surface area contributed by atoms with Crippen LogP contribution in [0, 0.1) is 0 Å². The molecule has 0 bridgehead atoms. The summed E-state index contributed by atoms with van der Waals surface area (Å²) >= 11 is 0. The Bertz CT molecular complexity index is 2530. The summed E-state index contributed by atoms with van der Waals surface area (Å²) in [6.07, 6.45) is 0. The van der Waals surface area contributed by atoms with Crippen molar-refractivity contribution in [2.45, 2.75) is 0 Å². The van der Waals surface area contributed by atoms with E-state index in [1.165, 1.54) is 0 Å². The lowest BCUT2D eigenvalue weighted by Crippen LogP contribution is -2.09. The van der Waals surface area contributed by atoms with Crippen LogP contribution in [0.1, 0.15) is 0 Å². The van der Waals surface area contributed by atoms with Crippen LogP contribution in [0.5, 0.6) is 40.2 Å². The maximum atomic E-state index is 11.1. The van der Waals surface area contributed by atoms with Crippen LogP contribution in [0.3, 0.4) is 0 Å². The normalized spacial score (nSPS) is 11.7. The zero-order chi connectivity index (χ0) is 32.7. The highest BCUT2D eigenvalue weighted by Crippen LogP contribution is 2.56. The maximum Gasteiger partial charge on any atom is 0.208 e. The zero-order valence-corrected chi connectivity index (χ0v) is 24.4. The molecule has 1 aromatic heterocycles. The average molecular weight is 618 g/mol. The Morgan fingerprint density at radius 2 is 0.809 bits per heavy atom. The number of hydrogen-bond acceptors (Lipinski definition) is 8. The van der Waals surface area contributed by atoms with Gasteiger partial charge in [0.15, 0.2) is 22.7 Å². The molecule has 0 unspecified atom stereocenters. The van der Waals surface area contributed by atoms with E-state index in [9.17, 15) is 35.7 Å². The van der Waals surface area contributed by atoms with Gasteiger partial charge in [0.25, 0.3) is 0 Å². The van der Waals surface area contributed by atoms with Gasteiger partial charge in [0, 0.05) is 5.39 Å². The van der Waals surface area contributed by atoms with Crippen LogP contribution in [0.2, 0.25) is 0 Å². The molecule has 0 aliphatic heterocycles. The molecule has 0 atom stereocenters. The SMILES string of the molecule is [B]c1c(O)c(O)c2oc3c(O)c(O)c(O)c(O)c3c2c1-c1c2ccccc2c(-c2ccc(-c3ccc(O)cc3)cc2)c2ccccc12. The molecule has 8 rings (SSSR count). The Labute approximate surface area is 267 Å². The van der Waals surface area contributed by atoms with Gasteiger partial charge in [-0.2, -0.15) is 0 Å². The van der Waals surface area contributed by atoms with E-state index in [2.05, 4.69) is 0 Å². The summed E-state index contributed by atoms with van der Waals surface area (Å²) in [5, 5.41) is 77.0. The molecule has 0 amide bonds. The quantitative estimate of drug-likeness (QED) is 0.0462. The smallest absolute Gasteiger partial charge is 0.208 e. The van der Waals surface area contributed by atoms with E-state index in [0.717, 1.165) is 33.0 Å². The molecular formula is C38H23BO8. The van der Waals surface area contributed by atoms with Crippen molar-refractivity contribution in [1.29, 1.82) is 0 Å². The molecule has 2 radical (unpaired) electrons. The molecule has 8 nitrogen and oxygen atoms in total. The number of benzene rings is 7. The van der Waals surface area contributed by atoms with Crippen LogP contribution in [-0.4, -0.2) is 43.6 Å². The summed E-state index contributed by atoms with van der Waals surface area (Å²) in [7, 11) is 6.58. The van der Waals surface area contributed by atoms with Crippen LogP contribution in [-0.2, 0) is 0 Å². The van der Waals surface area contributed by atoms with Crippen molar-refractivity contribution in [1.82, 2.24) is 0 Å². The van der Waals surface area contributed by atoms with Gasteiger partial charge in [-0.3, -0.25) is 0 Å². The van der Waals surface area contributed by atoms with E-state index in [0.29, 0.717) is 16.3 Å². The summed E-state index contributed by atoms with van der Waals surface area (Å²) in [6, 6.07) is 30.3. The Morgan fingerprint density at radius 1 is 0.383 bits per heavy atom. The minimum Gasteiger partial charge on any atom is -0.508 e. The fraction of sp³-hybridized carbons (Fsp3) is 0. The maximum absolute atomic E-state index is 11.1. The number of rotatable bonds is 3. The van der Waals surface area contributed by atoms with Gasteiger partial charge in [-0.15, -0.1) is 0 Å². The monoisotopic (exact) mass is 618 g/mol. The van der Waals surface area contributed by atoms with Crippen molar-refractivity contribution in [2.24, 2.45) is 0 Å². The van der Waals surface area contributed by atoms with Gasteiger partial charge in [-0.1, -0.05) is 84.9 Å². The third kappa shape index (κ3) is 3.90. The number of phenolic OH excluding ortho intramolecular Hbond substituents is 7. The van der Waals surface area contributed by atoms with Gasteiger partial charge in [0.2, 0.25) is 23.0 Å². The van der Waals surface area contributed by atoms with Crippen molar-refractivity contribution < 1.29 is 40.2 Å². The topological polar surface area (TPSA) is 155 Å². The lowest BCUT2D eigenvalue weighted by atomic mass is 9.78. The Morgan fingerprint density at radius 3 is 1.36 bits per heavy atom. The standard InChI is InChI=1S/C38H23BO8/c39-30-27(28-29-31(41)33(43)34(44)36(46)38(29)47-37(28)35(45)32(30)42)26-23-7-3-1-5-21(23)25(22-6-2-4-8-24(22)26)19-11-9-17(10-12-19)18-13-15-20(40)16-14-18/h1-16,40-46H. The summed E-state index contributed by atoms with van der Waals surface area (Å²) < 4.78 is 5.74. The molecule has 8 aromatic rings. The lowest BCUT2D eigenvalue weighted by molar-refractivity contribution is 0.348. The molecule has 0 saturated carbocycles. The van der Waals surface area contributed by atoms with E-state index in [-0.39, 0.29) is 33.1 Å². The van der Waals surface area contributed by atoms with Crippen molar-refractivity contribution >= 4 is 56.8 Å². The molecule has 47 heavy (non-hydrogen) atoms. The molecule has 226 valence electrons. The molecule has 0 spiro atoms. The van der Waals surface area contributed by atoms with Gasteiger partial charge in [-0.05, 0) is 72.5 Å². The van der Waals surface area contributed by atoms with E-state index >= 15 is 0 Å². The second-order valence-corrected chi connectivity index (χ2v) is 11.4. The molecule has 0 fully saturated rings. The summed E-state index contributed by atoms with van der Waals surface area (Å²) in [4.78, 5) is 0. The third-order valence-electron chi connectivity index (χ3n) is 8.80. The number of hydrogen-bond donors (Lipinski definition) is 7. The molecule has 7 N–H and O–H groups in total. The van der Waals surface area contributed by atoms with Crippen molar-refractivity contribution in [3.05, 3.63) is 97.1 Å². The molecule has 0 saturated heterocycles. The summed E-state index contributed by atoms with van der Waals surface area (Å²) in [6.45, 7) is 0. The minimum absolute atomic E-state index is 0.0113. The van der Waals surface area contributed by atoms with Crippen LogP contribution in [0.15, 0.2) is 101 Å². The predicted molar refractivity (Wildman–Crippen MR) is 182 cm³/mol. The van der Waals surface area contributed by atoms with Gasteiger partial charge < -0.3 is 40.2 Å². The highest BCUT2D eigenvalue weighted by molar-refractivity contribution is 6.44. The van der Waals surface area contributed by atoms with Gasteiger partial charge in [0.1, 0.15) is 13.6 Å². The predicted octanol–water partition coefficient (Wildman–Crippen LogP) is 7.63. The first-order valence-electron chi connectivity index (χ1n) is 14.6. The fourth-order valence-electron chi connectivity index (χ4n) is 6.62. The van der Waals surface area contributed by atoms with Crippen LogP contribution in [0.25, 0.3) is 76.9 Å². The number of furan rings is 1. The first kappa shape index (κ1) is 28.0. The Kier molecular flexibility index (Phi) is 5.97. The number of aromatic hydroxyl groups is 7. The van der Waals surface area contributed by atoms with Crippen molar-refractivity contribution in [3.63, 3.8) is 0 Å². The largest absolute Gasteiger partial charge is 0.508 e. The summed E-state index contributed by atoms with van der Waals surface area (Å²) in [5.41, 5.74) is 3.51. The van der Waals surface area contributed by atoms with E-state index in [4.69, 9.17) is 12.3 Å². The third-order valence-corrected chi connectivity index (χ3v) is 8.80. The lowest BCUT2D eigenvalue weighted by Gasteiger charge is -2.20. The Balaban J connectivity index is 1.50. The summed E-state index contributed by atoms with van der Waals surface area (Å²) in [5.74, 6) is -4.90. The van der Waals surface area contributed by atoms with Crippen molar-refractivity contribution in [3.8, 4) is 73.6 Å². The molecule has 0 aliphatic carbocycles. The Hall–Kier alpha value is -6.48. The van der Waals surface area contributed by atoms with Crippen molar-refractivity contribution in [2.75, 3.05) is 0 Å². The van der Waals surface area contributed by atoms with E-state index in [1.54, 1.807) is 12.1 Å². The van der Waals surface area contributed by atoms with Crippen LogP contribution >= 0.6 is 0 Å². The van der Waals surface area contributed by atoms with Gasteiger partial charge in [-0.25, -0.2) is 0 Å². The number of phenols is 7. The second kappa shape index (κ2) is 10.0. The molecule has 7 aromatic carbocycles. The average Bonchev–Trinajstić information content (AvgIpc) is 3.50. The number of fused-ring (bicyclic) bond motifs is 5. The second-order valence-electron chi connectivity index (χ2n) is 11.4. The molecule has 0 aliphatic rings. The highest BCUT2D eigenvalue weighted by Gasteiger charge is 2.31. The van der Waals surface area contributed by atoms with Crippen LogP contribution in [0.4, 0.5) is 0 Å². The van der Waals surface area contributed by atoms with Gasteiger partial charge >= 0.3 is 0 Å². The zero-order valence-electron chi connectivity index (χ0n) is 24.4. The van der Waals surface area contributed by atoms with Crippen LogP contribution < -0.4 is 5.46 Å². The molecule has 9 heteroatoms. The molecular weight excluding hydrogens is 595 g/mol. The molecule has 1 heterocycles. The first-order chi connectivity index (χ1) is 22.7.